The van der Waals surface area contributed by atoms with Gasteiger partial charge in [-0.1, -0.05) is 17.7 Å². The molecule has 0 unspecified atom stereocenters. The number of thiophene rings is 1. The topological polar surface area (TPSA) is 98.1 Å². The number of H-pyrrole nitrogens is 1. The van der Waals surface area contributed by atoms with Crippen LogP contribution < -0.4 is 10.5 Å². The summed E-state index contributed by atoms with van der Waals surface area (Å²) >= 11 is 7.79. The van der Waals surface area contributed by atoms with E-state index in [1.165, 1.54) is 25.4 Å². The zero-order valence-corrected chi connectivity index (χ0v) is 16.0. The normalized spacial score (nSPS) is 11.2. The van der Waals surface area contributed by atoms with Gasteiger partial charge in [0.15, 0.2) is 11.5 Å². The van der Waals surface area contributed by atoms with E-state index in [0.29, 0.717) is 32.3 Å². The van der Waals surface area contributed by atoms with Crippen LogP contribution in [0.5, 0.6) is 5.75 Å². The molecular weight excluding hydrogens is 386 g/mol. The first kappa shape index (κ1) is 17.5. The van der Waals surface area contributed by atoms with Crippen LogP contribution in [0, 0.1) is 0 Å². The number of fused-ring (bicyclic) bond motifs is 2. The number of primary amides is 1. The molecule has 27 heavy (non-hydrogen) atoms. The maximum atomic E-state index is 12.2. The number of hydrogen-bond acceptors (Lipinski definition) is 5. The number of imidazole rings is 1. The Bertz CT molecular complexity index is 1240. The lowest BCUT2D eigenvalue weighted by Gasteiger charge is -2.05. The first-order chi connectivity index (χ1) is 12.9. The van der Waals surface area contributed by atoms with Crippen molar-refractivity contribution in [3.63, 3.8) is 0 Å². The van der Waals surface area contributed by atoms with Crippen molar-refractivity contribution in [1.82, 2.24) is 9.97 Å². The minimum Gasteiger partial charge on any atom is -0.494 e. The van der Waals surface area contributed by atoms with Crippen molar-refractivity contribution >= 4 is 55.7 Å². The molecule has 0 atom stereocenters. The van der Waals surface area contributed by atoms with Crippen LogP contribution in [0.2, 0.25) is 5.02 Å². The number of carbonyl (C=O) groups excluding carboxylic acids is 2. The molecule has 6 nitrogen and oxygen atoms in total. The predicted molar refractivity (Wildman–Crippen MR) is 107 cm³/mol. The number of aromatic nitrogens is 2. The number of halogens is 1. The maximum Gasteiger partial charge on any atom is 0.252 e. The summed E-state index contributed by atoms with van der Waals surface area (Å²) in [6.45, 7) is 1.51. The number of methoxy groups -OCH3 is 1. The second kappa shape index (κ2) is 6.37. The summed E-state index contributed by atoms with van der Waals surface area (Å²) in [6, 6.07) is 8.82. The second-order valence-electron chi connectivity index (χ2n) is 5.97. The van der Waals surface area contributed by atoms with Crippen molar-refractivity contribution in [2.24, 2.45) is 5.73 Å². The zero-order valence-electron chi connectivity index (χ0n) is 14.4. The molecule has 4 aromatic rings. The van der Waals surface area contributed by atoms with E-state index in [4.69, 9.17) is 22.1 Å². The summed E-state index contributed by atoms with van der Waals surface area (Å²) in [5.41, 5.74) is 7.43. The Morgan fingerprint density at radius 2 is 2.04 bits per heavy atom. The number of hydrogen-bond donors (Lipinski definition) is 2. The Kier molecular flexibility index (Phi) is 4.13. The summed E-state index contributed by atoms with van der Waals surface area (Å²) in [5, 5.41) is 1.30. The number of aromatic amines is 1. The smallest absolute Gasteiger partial charge is 0.252 e. The van der Waals surface area contributed by atoms with E-state index in [9.17, 15) is 9.59 Å². The largest absolute Gasteiger partial charge is 0.494 e. The molecule has 0 fully saturated rings. The van der Waals surface area contributed by atoms with Crippen LogP contribution >= 0.6 is 22.9 Å². The fourth-order valence-electron chi connectivity index (χ4n) is 3.15. The third-order valence-corrected chi connectivity index (χ3v) is 5.87. The number of ether oxygens (including phenoxy) is 1. The molecule has 1 amide bonds. The van der Waals surface area contributed by atoms with Gasteiger partial charge in [0.25, 0.3) is 5.91 Å². The van der Waals surface area contributed by atoms with Crippen LogP contribution in [0.4, 0.5) is 0 Å². The van der Waals surface area contributed by atoms with Crippen LogP contribution in [0.25, 0.3) is 32.5 Å². The Morgan fingerprint density at radius 3 is 2.70 bits per heavy atom. The highest BCUT2D eigenvalue weighted by atomic mass is 35.5. The van der Waals surface area contributed by atoms with Gasteiger partial charge in [-0.3, -0.25) is 9.59 Å². The van der Waals surface area contributed by atoms with Gasteiger partial charge in [0.2, 0.25) is 0 Å². The lowest BCUT2D eigenvalue weighted by Crippen LogP contribution is -2.12. The molecule has 0 radical (unpaired) electrons. The predicted octanol–water partition coefficient (Wildman–Crippen LogP) is 4.41. The number of benzene rings is 2. The molecule has 0 aliphatic rings. The van der Waals surface area contributed by atoms with Gasteiger partial charge < -0.3 is 15.5 Å². The molecule has 136 valence electrons. The summed E-state index contributed by atoms with van der Waals surface area (Å²) in [7, 11) is 1.45. The third-order valence-electron chi connectivity index (χ3n) is 4.30. The number of amides is 1. The fourth-order valence-corrected chi connectivity index (χ4v) is 4.60. The summed E-state index contributed by atoms with van der Waals surface area (Å²) in [6.07, 6.45) is 0. The molecule has 0 saturated carbocycles. The number of nitrogens with zero attached hydrogens (tertiary/aromatic N) is 1. The van der Waals surface area contributed by atoms with Crippen molar-refractivity contribution in [3.05, 3.63) is 45.8 Å². The van der Waals surface area contributed by atoms with Crippen molar-refractivity contribution < 1.29 is 14.3 Å². The number of carbonyl (C=O) groups is 2. The second-order valence-corrected chi connectivity index (χ2v) is 7.43. The molecule has 0 aliphatic carbocycles. The molecule has 0 saturated heterocycles. The average molecular weight is 400 g/mol. The standard InChI is InChI=1S/C19H14ClN3O3S/c1-8(24)17-14(13-10(20)4-3-5-12(13)27-17)19-22-11-7-6-9(18(21)25)16(26-2)15(11)23-19/h3-7H,1-2H3,(H2,21,25)(H,22,23). The lowest BCUT2D eigenvalue weighted by atomic mass is 10.1. The molecule has 4 rings (SSSR count). The summed E-state index contributed by atoms with van der Waals surface area (Å²) in [5.74, 6) is 0.0891. The Balaban J connectivity index is 2.07. The van der Waals surface area contributed by atoms with Gasteiger partial charge in [-0.2, -0.15) is 0 Å². The number of nitrogens with one attached hydrogen (secondary N) is 1. The first-order valence-electron chi connectivity index (χ1n) is 8.01. The van der Waals surface area contributed by atoms with Crippen LogP contribution in [0.3, 0.4) is 0 Å². The molecule has 0 bridgehead atoms. The minimum absolute atomic E-state index is 0.0764. The molecule has 2 aromatic carbocycles. The van der Waals surface area contributed by atoms with Crippen LogP contribution in [0.15, 0.2) is 30.3 Å². The Morgan fingerprint density at radius 1 is 1.26 bits per heavy atom. The quantitative estimate of drug-likeness (QED) is 0.496. The van der Waals surface area contributed by atoms with E-state index in [1.807, 2.05) is 12.1 Å². The Labute approximate surface area is 162 Å². The van der Waals surface area contributed by atoms with Gasteiger partial charge in [0.1, 0.15) is 11.3 Å². The highest BCUT2D eigenvalue weighted by Crippen LogP contribution is 2.42. The van der Waals surface area contributed by atoms with Crippen LogP contribution in [0.1, 0.15) is 27.0 Å². The van der Waals surface area contributed by atoms with E-state index in [1.54, 1.807) is 18.2 Å². The van der Waals surface area contributed by atoms with Gasteiger partial charge in [-0.25, -0.2) is 4.98 Å². The molecule has 2 heterocycles. The van der Waals surface area contributed by atoms with Crippen molar-refractivity contribution in [2.75, 3.05) is 7.11 Å². The number of Topliss-reactive ketones (excluding diaryl/α,β-unsaturated/α-hetero) is 1. The third kappa shape index (κ3) is 2.67. The van der Waals surface area contributed by atoms with Gasteiger partial charge >= 0.3 is 0 Å². The number of ketones is 1. The molecule has 3 N–H and O–H groups in total. The van der Waals surface area contributed by atoms with E-state index < -0.39 is 5.91 Å². The highest BCUT2D eigenvalue weighted by Gasteiger charge is 2.23. The SMILES string of the molecule is COc1c(C(N)=O)ccc2[nH]c(-c3c(C(C)=O)sc4cccc(Cl)c34)nc12. The van der Waals surface area contributed by atoms with Crippen molar-refractivity contribution in [1.29, 1.82) is 0 Å². The average Bonchev–Trinajstić information content (AvgIpc) is 3.22. The van der Waals surface area contributed by atoms with E-state index >= 15 is 0 Å². The van der Waals surface area contributed by atoms with E-state index in [0.717, 1.165) is 10.1 Å². The first-order valence-corrected chi connectivity index (χ1v) is 9.20. The van der Waals surface area contributed by atoms with Gasteiger partial charge in [0, 0.05) is 15.6 Å². The molecular formula is C19H14ClN3O3S. The molecule has 0 aliphatic heterocycles. The lowest BCUT2D eigenvalue weighted by molar-refractivity contribution is 0.0994. The van der Waals surface area contributed by atoms with E-state index in [-0.39, 0.29) is 17.1 Å². The maximum absolute atomic E-state index is 12.2. The van der Waals surface area contributed by atoms with Gasteiger partial charge in [-0.15, -0.1) is 11.3 Å². The van der Waals surface area contributed by atoms with E-state index in [2.05, 4.69) is 9.97 Å². The van der Waals surface area contributed by atoms with Crippen molar-refractivity contribution in [3.8, 4) is 17.1 Å². The number of rotatable bonds is 4. The summed E-state index contributed by atoms with van der Waals surface area (Å²) in [4.78, 5) is 32.3. The highest BCUT2D eigenvalue weighted by molar-refractivity contribution is 7.21. The van der Waals surface area contributed by atoms with Crippen LogP contribution in [-0.2, 0) is 0 Å². The fraction of sp³-hybridized carbons (Fsp3) is 0.105. The zero-order chi connectivity index (χ0) is 19.3. The van der Waals surface area contributed by atoms with Crippen molar-refractivity contribution in [2.45, 2.75) is 6.92 Å². The summed E-state index contributed by atoms with van der Waals surface area (Å²) < 4.78 is 6.26. The van der Waals surface area contributed by atoms with Gasteiger partial charge in [-0.05, 0) is 31.2 Å². The number of nitrogens with two attached hydrogens (primary N) is 1. The molecule has 8 heteroatoms. The Hall–Kier alpha value is -2.90. The van der Waals surface area contributed by atoms with Gasteiger partial charge in [0.05, 0.1) is 28.1 Å². The monoisotopic (exact) mass is 399 g/mol. The molecule has 0 spiro atoms. The molecule has 2 aromatic heterocycles. The van der Waals surface area contributed by atoms with Crippen LogP contribution in [-0.4, -0.2) is 28.8 Å². The minimum atomic E-state index is -0.605.